The van der Waals surface area contributed by atoms with E-state index < -0.39 is 12.3 Å². The number of benzene rings is 1. The van der Waals surface area contributed by atoms with Gasteiger partial charge in [0.05, 0.1) is 0 Å². The first-order chi connectivity index (χ1) is 13.9. The van der Waals surface area contributed by atoms with Crippen molar-refractivity contribution < 1.29 is 14.7 Å². The van der Waals surface area contributed by atoms with E-state index in [4.69, 9.17) is 0 Å². The van der Waals surface area contributed by atoms with Gasteiger partial charge in [-0.15, -0.1) is 0 Å². The van der Waals surface area contributed by atoms with Crippen LogP contribution in [0.3, 0.4) is 0 Å². The third-order valence-electron chi connectivity index (χ3n) is 4.78. The van der Waals surface area contributed by atoms with Crippen molar-refractivity contribution in [3.05, 3.63) is 51.5 Å². The molecule has 1 aromatic carbocycles. The number of halogens is 1. The number of nitrogens with zero attached hydrogens (tertiary/aromatic N) is 4. The summed E-state index contributed by atoms with van der Waals surface area (Å²) in [6.45, 7) is -0.0985. The zero-order valence-corrected chi connectivity index (χ0v) is 18.1. The molecule has 0 spiro atoms. The fourth-order valence-electron chi connectivity index (χ4n) is 3.17. The van der Waals surface area contributed by atoms with E-state index in [1.807, 2.05) is 35.7 Å². The maximum atomic E-state index is 12.6. The topological polar surface area (TPSA) is 90.7 Å². The number of aliphatic hydroxyl groups excluding tert-OH is 1. The molecule has 0 bridgehead atoms. The Labute approximate surface area is 179 Å². The van der Waals surface area contributed by atoms with E-state index in [1.54, 1.807) is 18.4 Å². The Morgan fingerprint density at radius 1 is 1.21 bits per heavy atom. The standard InChI is InChI=1S/C19H18BrN5O3S/c1-23-16-15(17(27)24(2)19(23)28)25(18(20)22-16)9-14(26)21-13-5-3-11(4-6-13)12-7-8-29-10-12/h3-8,10,19,28H,9H2,1-2H3,(H,21,26). The first-order valence-electron chi connectivity index (χ1n) is 8.73. The summed E-state index contributed by atoms with van der Waals surface area (Å²) in [6.07, 6.45) is -1.11. The number of carbonyl (C=O) groups excluding carboxylic acids is 2. The second-order valence-electron chi connectivity index (χ2n) is 6.65. The molecule has 3 heterocycles. The van der Waals surface area contributed by atoms with E-state index >= 15 is 0 Å². The normalized spacial score (nSPS) is 16.1. The average molecular weight is 476 g/mol. The van der Waals surface area contributed by atoms with Crippen molar-refractivity contribution in [3.63, 3.8) is 0 Å². The molecular weight excluding hydrogens is 458 g/mol. The summed E-state index contributed by atoms with van der Waals surface area (Å²) in [6, 6.07) is 9.61. The molecule has 2 N–H and O–H groups in total. The van der Waals surface area contributed by atoms with E-state index in [2.05, 4.69) is 31.6 Å². The molecular formula is C19H18BrN5O3S. The third-order valence-corrected chi connectivity index (χ3v) is 6.07. The number of carbonyl (C=O) groups is 2. The van der Waals surface area contributed by atoms with Gasteiger partial charge in [-0.25, -0.2) is 4.98 Å². The van der Waals surface area contributed by atoms with Gasteiger partial charge < -0.3 is 19.9 Å². The van der Waals surface area contributed by atoms with Crippen molar-refractivity contribution in [2.45, 2.75) is 12.9 Å². The van der Waals surface area contributed by atoms with Gasteiger partial charge in [-0.1, -0.05) is 12.1 Å². The van der Waals surface area contributed by atoms with Crippen molar-refractivity contribution >= 4 is 50.6 Å². The number of rotatable bonds is 4. The monoisotopic (exact) mass is 475 g/mol. The van der Waals surface area contributed by atoms with Crippen molar-refractivity contribution in [2.24, 2.45) is 0 Å². The summed E-state index contributed by atoms with van der Waals surface area (Å²) in [4.78, 5) is 32.2. The van der Waals surface area contributed by atoms with Gasteiger partial charge in [-0.05, 0) is 56.0 Å². The average Bonchev–Trinajstić information content (AvgIpc) is 3.34. The number of hydrogen-bond donors (Lipinski definition) is 2. The van der Waals surface area contributed by atoms with Gasteiger partial charge in [0, 0.05) is 19.8 Å². The van der Waals surface area contributed by atoms with Crippen LogP contribution in [-0.4, -0.2) is 51.8 Å². The second-order valence-corrected chi connectivity index (χ2v) is 8.14. The number of thiophene rings is 1. The Morgan fingerprint density at radius 2 is 1.93 bits per heavy atom. The van der Waals surface area contributed by atoms with Crippen LogP contribution in [0.25, 0.3) is 11.1 Å². The molecule has 2 amide bonds. The van der Waals surface area contributed by atoms with Gasteiger partial charge in [0.15, 0.2) is 16.2 Å². The zero-order chi connectivity index (χ0) is 20.7. The highest BCUT2D eigenvalue weighted by Gasteiger charge is 2.37. The molecule has 2 aromatic heterocycles. The highest BCUT2D eigenvalue weighted by atomic mass is 79.9. The smallest absolute Gasteiger partial charge is 0.277 e. The molecule has 10 heteroatoms. The van der Waals surface area contributed by atoms with Crippen LogP contribution in [0.2, 0.25) is 0 Å². The Morgan fingerprint density at radius 3 is 2.59 bits per heavy atom. The molecule has 150 valence electrons. The van der Waals surface area contributed by atoms with Crippen LogP contribution >= 0.6 is 27.3 Å². The number of aliphatic hydroxyl groups is 1. The van der Waals surface area contributed by atoms with Gasteiger partial charge >= 0.3 is 0 Å². The van der Waals surface area contributed by atoms with Crippen molar-refractivity contribution in [1.82, 2.24) is 14.5 Å². The van der Waals surface area contributed by atoms with Crippen LogP contribution in [0, 0.1) is 0 Å². The van der Waals surface area contributed by atoms with Crippen LogP contribution in [-0.2, 0) is 11.3 Å². The lowest BCUT2D eigenvalue weighted by molar-refractivity contribution is -0.116. The van der Waals surface area contributed by atoms with E-state index in [0.29, 0.717) is 16.2 Å². The minimum Gasteiger partial charge on any atom is -0.356 e. The highest BCUT2D eigenvalue weighted by Crippen LogP contribution is 2.31. The lowest BCUT2D eigenvalue weighted by Crippen LogP contribution is -2.52. The number of aromatic nitrogens is 2. The van der Waals surface area contributed by atoms with Crippen LogP contribution in [0.4, 0.5) is 11.5 Å². The number of imidazole rings is 1. The molecule has 29 heavy (non-hydrogen) atoms. The second kappa shape index (κ2) is 7.62. The molecule has 0 radical (unpaired) electrons. The third kappa shape index (κ3) is 3.54. The zero-order valence-electron chi connectivity index (χ0n) is 15.7. The molecule has 1 aliphatic rings. The van der Waals surface area contributed by atoms with Crippen LogP contribution in [0.5, 0.6) is 0 Å². The van der Waals surface area contributed by atoms with Crippen molar-refractivity contribution in [1.29, 1.82) is 0 Å². The van der Waals surface area contributed by atoms with Gasteiger partial charge in [-0.3, -0.25) is 14.5 Å². The van der Waals surface area contributed by atoms with Crippen molar-refractivity contribution in [3.8, 4) is 11.1 Å². The molecule has 0 fully saturated rings. The summed E-state index contributed by atoms with van der Waals surface area (Å²) in [5, 5.41) is 17.0. The lowest BCUT2D eigenvalue weighted by Gasteiger charge is -2.36. The Balaban J connectivity index is 1.52. The minimum absolute atomic E-state index is 0.0985. The number of nitrogens with one attached hydrogen (secondary N) is 1. The van der Waals surface area contributed by atoms with Crippen molar-refractivity contribution in [2.75, 3.05) is 24.3 Å². The lowest BCUT2D eigenvalue weighted by atomic mass is 10.1. The van der Waals surface area contributed by atoms with Gasteiger partial charge in [0.25, 0.3) is 5.91 Å². The summed E-state index contributed by atoms with van der Waals surface area (Å²) in [5.41, 5.74) is 3.12. The Kier molecular flexibility index (Phi) is 5.15. The number of hydrogen-bond acceptors (Lipinski definition) is 6. The molecule has 8 nitrogen and oxygen atoms in total. The van der Waals surface area contributed by atoms with E-state index in [0.717, 1.165) is 11.1 Å². The van der Waals surface area contributed by atoms with Gasteiger partial charge in [0.2, 0.25) is 12.3 Å². The van der Waals surface area contributed by atoms with E-state index in [1.165, 1.54) is 21.4 Å². The molecule has 4 rings (SSSR count). The highest BCUT2D eigenvalue weighted by molar-refractivity contribution is 9.10. The number of fused-ring (bicyclic) bond motifs is 1. The number of amides is 2. The maximum absolute atomic E-state index is 12.6. The SMILES string of the molecule is CN1C(=O)c2c(nc(Br)n2CC(=O)Nc2ccc(-c3ccsc3)cc2)N(C)C1O. The summed E-state index contributed by atoms with van der Waals surface area (Å²) in [5.74, 6) is -0.379. The summed E-state index contributed by atoms with van der Waals surface area (Å²) in [7, 11) is 3.12. The van der Waals surface area contributed by atoms with Crippen LogP contribution in [0.15, 0.2) is 45.8 Å². The Bertz CT molecular complexity index is 1060. The van der Waals surface area contributed by atoms with Gasteiger partial charge in [-0.2, -0.15) is 11.3 Å². The Hall–Kier alpha value is -2.69. The van der Waals surface area contributed by atoms with Crippen LogP contribution in [0.1, 0.15) is 10.5 Å². The fourth-order valence-corrected chi connectivity index (χ4v) is 4.31. The quantitative estimate of drug-likeness (QED) is 0.605. The first-order valence-corrected chi connectivity index (χ1v) is 10.5. The molecule has 0 saturated carbocycles. The fraction of sp³-hybridized carbons (Fsp3) is 0.211. The largest absolute Gasteiger partial charge is 0.356 e. The maximum Gasteiger partial charge on any atom is 0.277 e. The molecule has 1 unspecified atom stereocenters. The molecule has 0 saturated heterocycles. The molecule has 0 aliphatic carbocycles. The van der Waals surface area contributed by atoms with E-state index in [-0.39, 0.29) is 18.1 Å². The number of anilines is 2. The first kappa shape index (κ1) is 19.6. The van der Waals surface area contributed by atoms with Crippen LogP contribution < -0.4 is 10.2 Å². The predicted octanol–water partition coefficient (Wildman–Crippen LogP) is 2.81. The van der Waals surface area contributed by atoms with Gasteiger partial charge in [0.1, 0.15) is 6.54 Å². The molecule has 1 atom stereocenters. The summed E-state index contributed by atoms with van der Waals surface area (Å²) >= 11 is 4.94. The predicted molar refractivity (Wildman–Crippen MR) is 115 cm³/mol. The minimum atomic E-state index is -1.11. The van der Waals surface area contributed by atoms with E-state index in [9.17, 15) is 14.7 Å². The summed E-state index contributed by atoms with van der Waals surface area (Å²) < 4.78 is 1.83. The molecule has 1 aliphatic heterocycles. The molecule has 3 aromatic rings.